The minimum atomic E-state index is 0.478. The summed E-state index contributed by atoms with van der Waals surface area (Å²) in [6.45, 7) is 4.48. The zero-order valence-corrected chi connectivity index (χ0v) is 10.8. The lowest BCUT2D eigenvalue weighted by atomic mass is 10.1. The van der Waals surface area contributed by atoms with Gasteiger partial charge in [-0.3, -0.25) is 4.79 Å². The van der Waals surface area contributed by atoms with E-state index in [1.165, 1.54) is 0 Å². The quantitative estimate of drug-likeness (QED) is 0.754. The van der Waals surface area contributed by atoms with Crippen LogP contribution >= 0.6 is 0 Å². The van der Waals surface area contributed by atoms with E-state index in [0.29, 0.717) is 12.2 Å². The number of hydrogen-bond acceptors (Lipinski definition) is 2. The first kappa shape index (κ1) is 14.0. The number of carbonyl (C=O) groups is 1. The van der Waals surface area contributed by atoms with Crippen LogP contribution in [0.2, 0.25) is 0 Å². The molecule has 0 aromatic heterocycles. The first-order valence-electron chi connectivity index (χ1n) is 6.10. The number of carbonyl (C=O) groups excluding carboxylic acids is 1. The molecule has 2 nitrogen and oxygen atoms in total. The van der Waals surface area contributed by atoms with Crippen LogP contribution in [0.5, 0.6) is 5.75 Å². The Kier molecular flexibility index (Phi) is 6.26. The smallest absolute Gasteiger partial charge is 0.150 e. The summed E-state index contributed by atoms with van der Waals surface area (Å²) >= 11 is 0. The second-order valence-corrected chi connectivity index (χ2v) is 3.46. The van der Waals surface area contributed by atoms with Crippen molar-refractivity contribution in [2.45, 2.75) is 20.5 Å². The van der Waals surface area contributed by atoms with Crippen LogP contribution in [0, 0.1) is 0 Å². The van der Waals surface area contributed by atoms with Gasteiger partial charge in [0.1, 0.15) is 18.6 Å². The van der Waals surface area contributed by atoms with Crippen molar-refractivity contribution in [3.63, 3.8) is 0 Å². The van der Waals surface area contributed by atoms with Gasteiger partial charge in [-0.15, -0.1) is 0 Å². The normalized spacial score (nSPS) is 9.00. The van der Waals surface area contributed by atoms with Gasteiger partial charge in [0.2, 0.25) is 0 Å². The van der Waals surface area contributed by atoms with Crippen molar-refractivity contribution in [1.82, 2.24) is 0 Å². The molecular formula is C16H18O2. The van der Waals surface area contributed by atoms with Gasteiger partial charge in [0.15, 0.2) is 0 Å². The standard InChI is InChI=1S/C14H12O2.C2H6/c15-10-12-5-4-6-13(9-12)11-16-14-7-2-1-3-8-14;1-2/h1-10H,11H2;1-2H3. The van der Waals surface area contributed by atoms with Gasteiger partial charge < -0.3 is 4.74 Å². The highest BCUT2D eigenvalue weighted by molar-refractivity contribution is 5.74. The van der Waals surface area contributed by atoms with E-state index in [4.69, 9.17) is 4.74 Å². The Morgan fingerprint density at radius 2 is 1.72 bits per heavy atom. The molecule has 0 spiro atoms. The van der Waals surface area contributed by atoms with E-state index in [1.54, 1.807) is 6.07 Å². The summed E-state index contributed by atoms with van der Waals surface area (Å²) in [5.41, 5.74) is 1.67. The van der Waals surface area contributed by atoms with E-state index in [0.717, 1.165) is 17.6 Å². The number of aldehydes is 1. The van der Waals surface area contributed by atoms with Crippen LogP contribution < -0.4 is 4.74 Å². The number of hydrogen-bond donors (Lipinski definition) is 0. The third-order valence-corrected chi connectivity index (χ3v) is 2.24. The third kappa shape index (κ3) is 4.42. The van der Waals surface area contributed by atoms with Gasteiger partial charge in [0, 0.05) is 5.56 Å². The Balaban J connectivity index is 0.000000771. The summed E-state index contributed by atoms with van der Waals surface area (Å²) in [4.78, 5) is 10.6. The van der Waals surface area contributed by atoms with E-state index >= 15 is 0 Å². The van der Waals surface area contributed by atoms with E-state index < -0.39 is 0 Å². The van der Waals surface area contributed by atoms with Gasteiger partial charge >= 0.3 is 0 Å². The summed E-state index contributed by atoms with van der Waals surface area (Å²) in [5.74, 6) is 0.832. The Labute approximate surface area is 108 Å². The van der Waals surface area contributed by atoms with Crippen molar-refractivity contribution in [3.05, 3.63) is 65.7 Å². The molecule has 0 amide bonds. The van der Waals surface area contributed by atoms with Gasteiger partial charge in [0.25, 0.3) is 0 Å². The predicted molar refractivity (Wildman–Crippen MR) is 74.0 cm³/mol. The fourth-order valence-corrected chi connectivity index (χ4v) is 1.44. The van der Waals surface area contributed by atoms with Crippen LogP contribution in [-0.4, -0.2) is 6.29 Å². The van der Waals surface area contributed by atoms with Gasteiger partial charge in [-0.2, -0.15) is 0 Å². The highest BCUT2D eigenvalue weighted by atomic mass is 16.5. The lowest BCUT2D eigenvalue weighted by Gasteiger charge is -2.06. The van der Waals surface area contributed by atoms with Crippen LogP contribution in [0.25, 0.3) is 0 Å². The minimum absolute atomic E-state index is 0.478. The topological polar surface area (TPSA) is 26.3 Å². The molecule has 0 aliphatic heterocycles. The van der Waals surface area contributed by atoms with E-state index in [9.17, 15) is 4.79 Å². The minimum Gasteiger partial charge on any atom is -0.489 e. The molecule has 2 heteroatoms. The van der Waals surface area contributed by atoms with Gasteiger partial charge in [0.05, 0.1) is 0 Å². The summed E-state index contributed by atoms with van der Waals surface area (Å²) in [6.07, 6.45) is 0.839. The number of benzene rings is 2. The Hall–Kier alpha value is -2.09. The van der Waals surface area contributed by atoms with Crippen molar-refractivity contribution in [2.24, 2.45) is 0 Å². The molecule has 0 aliphatic rings. The zero-order valence-electron chi connectivity index (χ0n) is 10.8. The molecule has 0 N–H and O–H groups in total. The molecule has 18 heavy (non-hydrogen) atoms. The van der Waals surface area contributed by atoms with Gasteiger partial charge in [-0.1, -0.05) is 50.2 Å². The molecule has 0 unspecified atom stereocenters. The van der Waals surface area contributed by atoms with Crippen molar-refractivity contribution in [1.29, 1.82) is 0 Å². The predicted octanol–water partition coefficient (Wildman–Crippen LogP) is 4.10. The highest BCUT2D eigenvalue weighted by Gasteiger charge is 1.96. The molecule has 2 aromatic rings. The average molecular weight is 242 g/mol. The van der Waals surface area contributed by atoms with Crippen molar-refractivity contribution in [2.75, 3.05) is 0 Å². The molecular weight excluding hydrogens is 224 g/mol. The first-order chi connectivity index (χ1) is 8.88. The first-order valence-corrected chi connectivity index (χ1v) is 6.10. The van der Waals surface area contributed by atoms with Crippen molar-refractivity contribution in [3.8, 4) is 5.75 Å². The molecule has 0 saturated heterocycles. The van der Waals surface area contributed by atoms with Crippen LogP contribution in [0.15, 0.2) is 54.6 Å². The largest absolute Gasteiger partial charge is 0.489 e. The Morgan fingerprint density at radius 3 is 2.39 bits per heavy atom. The molecule has 0 radical (unpaired) electrons. The second kappa shape index (κ2) is 8.07. The van der Waals surface area contributed by atoms with E-state index in [2.05, 4.69) is 0 Å². The van der Waals surface area contributed by atoms with E-state index in [-0.39, 0.29) is 0 Å². The molecule has 0 heterocycles. The molecule has 2 rings (SSSR count). The molecule has 0 bridgehead atoms. The Morgan fingerprint density at radius 1 is 1.00 bits per heavy atom. The van der Waals surface area contributed by atoms with Gasteiger partial charge in [-0.05, 0) is 23.8 Å². The summed E-state index contributed by atoms with van der Waals surface area (Å²) < 4.78 is 5.58. The maximum atomic E-state index is 10.6. The lowest BCUT2D eigenvalue weighted by Crippen LogP contribution is -1.95. The van der Waals surface area contributed by atoms with Crippen molar-refractivity contribution < 1.29 is 9.53 Å². The average Bonchev–Trinajstić information content (AvgIpc) is 2.48. The maximum Gasteiger partial charge on any atom is 0.150 e. The third-order valence-electron chi connectivity index (χ3n) is 2.24. The van der Waals surface area contributed by atoms with Crippen molar-refractivity contribution >= 4 is 6.29 Å². The SMILES string of the molecule is CC.O=Cc1cccc(COc2ccccc2)c1. The summed E-state index contributed by atoms with van der Waals surface area (Å²) in [6, 6.07) is 17.0. The maximum absolute atomic E-state index is 10.6. The molecule has 0 aliphatic carbocycles. The van der Waals surface area contributed by atoms with E-state index in [1.807, 2.05) is 62.4 Å². The zero-order chi connectivity index (χ0) is 13.2. The second-order valence-electron chi connectivity index (χ2n) is 3.46. The molecule has 2 aromatic carbocycles. The molecule has 94 valence electrons. The fraction of sp³-hybridized carbons (Fsp3) is 0.188. The Bertz CT molecular complexity index is 464. The van der Waals surface area contributed by atoms with Crippen LogP contribution in [0.4, 0.5) is 0 Å². The summed E-state index contributed by atoms with van der Waals surface area (Å²) in [7, 11) is 0. The number of ether oxygens (including phenoxy) is 1. The number of rotatable bonds is 4. The van der Waals surface area contributed by atoms with Crippen LogP contribution in [0.3, 0.4) is 0 Å². The van der Waals surface area contributed by atoms with Gasteiger partial charge in [-0.25, -0.2) is 0 Å². The monoisotopic (exact) mass is 242 g/mol. The van der Waals surface area contributed by atoms with Crippen LogP contribution in [-0.2, 0) is 6.61 Å². The van der Waals surface area contributed by atoms with Crippen LogP contribution in [0.1, 0.15) is 29.8 Å². The molecule has 0 atom stereocenters. The number of para-hydroxylation sites is 1. The highest BCUT2D eigenvalue weighted by Crippen LogP contribution is 2.12. The fourth-order valence-electron chi connectivity index (χ4n) is 1.44. The molecule has 0 saturated carbocycles. The molecule has 0 fully saturated rings. The summed E-state index contributed by atoms with van der Waals surface area (Å²) in [5, 5.41) is 0. The lowest BCUT2D eigenvalue weighted by molar-refractivity contribution is 0.112.